The Kier molecular flexibility index (Phi) is 2.59. The van der Waals surface area contributed by atoms with Crippen LogP contribution in [0.1, 0.15) is 23.6 Å². The molecule has 0 bridgehead atoms. The molecule has 0 aromatic heterocycles. The number of carbonyl (C=O) groups excluding carboxylic acids is 1. The quantitative estimate of drug-likeness (QED) is 0.686. The van der Waals surface area contributed by atoms with Gasteiger partial charge in [0.25, 0.3) is 0 Å². The Morgan fingerprint density at radius 1 is 1.44 bits per heavy atom. The smallest absolute Gasteiger partial charge is 0.224 e. The van der Waals surface area contributed by atoms with Gasteiger partial charge in [-0.15, -0.1) is 0 Å². The molecule has 4 heteroatoms. The van der Waals surface area contributed by atoms with Crippen LogP contribution in [0.15, 0.2) is 18.2 Å². The molecular formula is C12H17N3O. The van der Waals surface area contributed by atoms with Crippen LogP contribution in [0, 0.1) is 6.92 Å². The third-order valence-electron chi connectivity index (χ3n) is 3.27. The highest BCUT2D eigenvalue weighted by atomic mass is 16.2. The van der Waals surface area contributed by atoms with E-state index in [0.717, 1.165) is 16.8 Å². The van der Waals surface area contributed by atoms with E-state index >= 15 is 0 Å². The lowest BCUT2D eigenvalue weighted by molar-refractivity contribution is -0.127. The summed E-state index contributed by atoms with van der Waals surface area (Å²) in [6.07, 6.45) is 0.412. The molecule has 1 saturated heterocycles. The van der Waals surface area contributed by atoms with Gasteiger partial charge in [0.2, 0.25) is 5.91 Å². The van der Waals surface area contributed by atoms with Crippen LogP contribution in [-0.4, -0.2) is 23.9 Å². The second kappa shape index (κ2) is 3.79. The van der Waals surface area contributed by atoms with Crippen molar-refractivity contribution in [2.75, 3.05) is 12.8 Å². The Labute approximate surface area is 95.2 Å². The minimum absolute atomic E-state index is 0.0459. The molecule has 4 N–H and O–H groups in total. The van der Waals surface area contributed by atoms with Gasteiger partial charge in [-0.3, -0.25) is 4.79 Å². The number of likely N-dealkylation sites (N-methyl/N-ethyl adjacent to an activating group) is 1. The van der Waals surface area contributed by atoms with Gasteiger partial charge in [-0.25, -0.2) is 0 Å². The largest absolute Gasteiger partial charge is 0.399 e. The van der Waals surface area contributed by atoms with Crippen molar-refractivity contribution in [2.24, 2.45) is 5.73 Å². The monoisotopic (exact) mass is 219 g/mol. The van der Waals surface area contributed by atoms with Gasteiger partial charge in [0, 0.05) is 25.2 Å². The minimum atomic E-state index is -0.139. The van der Waals surface area contributed by atoms with Crippen LogP contribution < -0.4 is 11.5 Å². The van der Waals surface area contributed by atoms with Gasteiger partial charge < -0.3 is 16.4 Å². The number of rotatable bonds is 1. The maximum Gasteiger partial charge on any atom is 0.224 e. The van der Waals surface area contributed by atoms with Crippen LogP contribution in [0.3, 0.4) is 0 Å². The molecule has 4 nitrogen and oxygen atoms in total. The van der Waals surface area contributed by atoms with Crippen molar-refractivity contribution in [3.63, 3.8) is 0 Å². The van der Waals surface area contributed by atoms with Crippen LogP contribution in [0.5, 0.6) is 0 Å². The van der Waals surface area contributed by atoms with Gasteiger partial charge in [-0.05, 0) is 24.1 Å². The fraction of sp³-hybridized carbons (Fsp3) is 0.417. The number of hydrogen-bond donors (Lipinski definition) is 2. The van der Waals surface area contributed by atoms with Crippen LogP contribution in [0.4, 0.5) is 5.69 Å². The van der Waals surface area contributed by atoms with Crippen molar-refractivity contribution < 1.29 is 4.79 Å². The van der Waals surface area contributed by atoms with Gasteiger partial charge in [-0.1, -0.05) is 12.1 Å². The predicted octanol–water partition coefficient (Wildman–Crippen LogP) is 0.808. The van der Waals surface area contributed by atoms with Crippen LogP contribution in [-0.2, 0) is 4.79 Å². The molecule has 1 aliphatic rings. The zero-order valence-electron chi connectivity index (χ0n) is 9.60. The topological polar surface area (TPSA) is 72.4 Å². The molecular weight excluding hydrogens is 202 g/mol. The van der Waals surface area contributed by atoms with Crippen LogP contribution >= 0.6 is 0 Å². The standard InChI is InChI=1S/C12H17N3O/c1-7-3-4-8(5-9(7)13)12-10(14)6-11(16)15(12)2/h3-5,10,12H,6,13-14H2,1-2H3/t10-,12+/m0/s1. The van der Waals surface area contributed by atoms with E-state index in [2.05, 4.69) is 0 Å². The van der Waals surface area contributed by atoms with E-state index < -0.39 is 0 Å². The molecule has 0 aliphatic carbocycles. The lowest BCUT2D eigenvalue weighted by Crippen LogP contribution is -2.30. The molecule has 2 rings (SSSR count). The minimum Gasteiger partial charge on any atom is -0.399 e. The SMILES string of the molecule is Cc1ccc([C@@H]2[C@@H](N)CC(=O)N2C)cc1N. The lowest BCUT2D eigenvalue weighted by atomic mass is 9.99. The van der Waals surface area contributed by atoms with Gasteiger partial charge in [-0.2, -0.15) is 0 Å². The molecule has 1 aromatic rings. The molecule has 1 heterocycles. The summed E-state index contributed by atoms with van der Waals surface area (Å²) in [5.74, 6) is 0.0941. The summed E-state index contributed by atoms with van der Waals surface area (Å²) < 4.78 is 0. The molecule has 16 heavy (non-hydrogen) atoms. The molecule has 1 aliphatic heterocycles. The summed E-state index contributed by atoms with van der Waals surface area (Å²) in [5.41, 5.74) is 14.7. The number of carbonyl (C=O) groups is 1. The lowest BCUT2D eigenvalue weighted by Gasteiger charge is -2.23. The Morgan fingerprint density at radius 2 is 2.12 bits per heavy atom. The van der Waals surface area contributed by atoms with E-state index in [1.54, 1.807) is 11.9 Å². The van der Waals surface area contributed by atoms with E-state index in [-0.39, 0.29) is 18.0 Å². The van der Waals surface area contributed by atoms with Crippen molar-refractivity contribution in [2.45, 2.75) is 25.4 Å². The van der Waals surface area contributed by atoms with Crippen molar-refractivity contribution in [3.8, 4) is 0 Å². The fourth-order valence-electron chi connectivity index (χ4n) is 2.21. The number of nitrogens with zero attached hydrogens (tertiary/aromatic N) is 1. The van der Waals surface area contributed by atoms with Gasteiger partial charge in [0.15, 0.2) is 0 Å². The first-order valence-electron chi connectivity index (χ1n) is 5.38. The number of amides is 1. The number of aryl methyl sites for hydroxylation is 1. The van der Waals surface area contributed by atoms with E-state index in [4.69, 9.17) is 11.5 Å². The fourth-order valence-corrected chi connectivity index (χ4v) is 2.21. The Morgan fingerprint density at radius 3 is 2.62 bits per heavy atom. The molecule has 0 unspecified atom stereocenters. The molecule has 86 valence electrons. The molecule has 1 fully saturated rings. The first kappa shape index (κ1) is 11.0. The molecule has 0 radical (unpaired) electrons. The summed E-state index contributed by atoms with van der Waals surface area (Å²) in [6, 6.07) is 5.68. The van der Waals surface area contributed by atoms with E-state index in [9.17, 15) is 4.79 Å². The van der Waals surface area contributed by atoms with E-state index in [0.29, 0.717) is 6.42 Å². The highest BCUT2D eigenvalue weighted by Crippen LogP contribution is 2.31. The zero-order chi connectivity index (χ0) is 11.9. The second-order valence-electron chi connectivity index (χ2n) is 4.43. The molecule has 0 saturated carbocycles. The maximum atomic E-state index is 11.5. The summed E-state index contributed by atoms with van der Waals surface area (Å²) in [7, 11) is 1.79. The molecule has 1 amide bonds. The summed E-state index contributed by atoms with van der Waals surface area (Å²) in [5, 5.41) is 0. The van der Waals surface area contributed by atoms with Crippen LogP contribution in [0.2, 0.25) is 0 Å². The molecule has 0 spiro atoms. The number of nitrogens with two attached hydrogens (primary N) is 2. The van der Waals surface area contributed by atoms with Gasteiger partial charge >= 0.3 is 0 Å². The van der Waals surface area contributed by atoms with Crippen molar-refractivity contribution >= 4 is 11.6 Å². The average molecular weight is 219 g/mol. The Balaban J connectivity index is 2.37. The summed E-state index contributed by atoms with van der Waals surface area (Å²) in [4.78, 5) is 13.2. The molecule has 2 atom stereocenters. The highest BCUT2D eigenvalue weighted by Gasteiger charge is 2.36. The first-order valence-corrected chi connectivity index (χ1v) is 5.38. The predicted molar refractivity (Wildman–Crippen MR) is 63.7 cm³/mol. The average Bonchev–Trinajstić information content (AvgIpc) is 2.47. The van der Waals surface area contributed by atoms with Crippen molar-refractivity contribution in [3.05, 3.63) is 29.3 Å². The summed E-state index contributed by atoms with van der Waals surface area (Å²) in [6.45, 7) is 1.96. The summed E-state index contributed by atoms with van der Waals surface area (Å²) >= 11 is 0. The van der Waals surface area contributed by atoms with Gasteiger partial charge in [0.1, 0.15) is 0 Å². The normalized spacial score (nSPS) is 25.2. The number of likely N-dealkylation sites (tertiary alicyclic amines) is 1. The third kappa shape index (κ3) is 1.65. The third-order valence-corrected chi connectivity index (χ3v) is 3.27. The van der Waals surface area contributed by atoms with Crippen molar-refractivity contribution in [1.29, 1.82) is 0 Å². The zero-order valence-corrected chi connectivity index (χ0v) is 9.60. The Bertz CT molecular complexity index is 430. The number of hydrogen-bond acceptors (Lipinski definition) is 3. The number of benzene rings is 1. The highest BCUT2D eigenvalue weighted by molar-refractivity contribution is 5.80. The van der Waals surface area contributed by atoms with E-state index in [1.165, 1.54) is 0 Å². The van der Waals surface area contributed by atoms with E-state index in [1.807, 2.05) is 25.1 Å². The van der Waals surface area contributed by atoms with Crippen LogP contribution in [0.25, 0.3) is 0 Å². The van der Waals surface area contributed by atoms with Crippen molar-refractivity contribution in [1.82, 2.24) is 4.90 Å². The molecule has 1 aromatic carbocycles. The first-order chi connectivity index (χ1) is 7.50. The maximum absolute atomic E-state index is 11.5. The Hall–Kier alpha value is -1.55. The second-order valence-corrected chi connectivity index (χ2v) is 4.43. The number of anilines is 1. The van der Waals surface area contributed by atoms with Gasteiger partial charge in [0.05, 0.1) is 6.04 Å². The number of nitrogen functional groups attached to an aromatic ring is 1.